The van der Waals surface area contributed by atoms with Crippen molar-refractivity contribution < 1.29 is 5.11 Å². The van der Waals surface area contributed by atoms with E-state index in [2.05, 4.69) is 23.5 Å². The van der Waals surface area contributed by atoms with Crippen LogP contribution in [0.5, 0.6) is 0 Å². The van der Waals surface area contributed by atoms with Crippen LogP contribution in [0.25, 0.3) is 0 Å². The van der Waals surface area contributed by atoms with Crippen LogP contribution in [0.3, 0.4) is 0 Å². The number of hydrogen-bond acceptors (Lipinski definition) is 4. The van der Waals surface area contributed by atoms with E-state index in [1.165, 1.54) is 0 Å². The van der Waals surface area contributed by atoms with Gasteiger partial charge in [0.1, 0.15) is 11.6 Å². The van der Waals surface area contributed by atoms with E-state index in [-0.39, 0.29) is 11.8 Å². The van der Waals surface area contributed by atoms with Gasteiger partial charge in [-0.25, -0.2) is 0 Å². The van der Waals surface area contributed by atoms with Crippen molar-refractivity contribution in [3.63, 3.8) is 0 Å². The summed E-state index contributed by atoms with van der Waals surface area (Å²) < 4.78 is 0. The van der Waals surface area contributed by atoms with Crippen molar-refractivity contribution in [1.29, 1.82) is 0 Å². The van der Waals surface area contributed by atoms with E-state index in [1.807, 2.05) is 51.3 Å². The van der Waals surface area contributed by atoms with E-state index in [0.29, 0.717) is 5.84 Å². The molecule has 0 aromatic carbocycles. The number of hydrogen-bond donors (Lipinski definition) is 3. The lowest BCUT2D eigenvalue weighted by atomic mass is 10.0. The molecule has 4 heteroatoms. The van der Waals surface area contributed by atoms with Gasteiger partial charge in [0.15, 0.2) is 0 Å². The van der Waals surface area contributed by atoms with Crippen LogP contribution in [-0.2, 0) is 0 Å². The van der Waals surface area contributed by atoms with Gasteiger partial charge in [0.2, 0.25) is 0 Å². The van der Waals surface area contributed by atoms with Gasteiger partial charge in [0, 0.05) is 18.3 Å². The van der Waals surface area contributed by atoms with Gasteiger partial charge in [-0.2, -0.15) is 0 Å². The molecule has 0 saturated heterocycles. The summed E-state index contributed by atoms with van der Waals surface area (Å²) in [6.45, 7) is 11.1. The van der Waals surface area contributed by atoms with Crippen molar-refractivity contribution in [2.75, 3.05) is 7.05 Å². The summed E-state index contributed by atoms with van der Waals surface area (Å²) in [6.07, 6.45) is 13.0. The van der Waals surface area contributed by atoms with E-state index in [0.717, 1.165) is 22.4 Å². The Bertz CT molecular complexity index is 658. The molecule has 0 fully saturated rings. The largest absolute Gasteiger partial charge is 0.509 e. The summed E-state index contributed by atoms with van der Waals surface area (Å²) in [4.78, 5) is 4.46. The molecular weight excluding hydrogens is 286 g/mol. The minimum Gasteiger partial charge on any atom is -0.509 e. The Balaban J connectivity index is 3.14. The molecule has 1 aliphatic rings. The van der Waals surface area contributed by atoms with Crippen LogP contribution < -0.4 is 11.1 Å². The smallest absolute Gasteiger partial charge is 0.126 e. The number of rotatable bonds is 7. The Morgan fingerprint density at radius 1 is 1.43 bits per heavy atom. The third-order valence-electron chi connectivity index (χ3n) is 3.36. The lowest BCUT2D eigenvalue weighted by Gasteiger charge is -2.05. The van der Waals surface area contributed by atoms with Gasteiger partial charge < -0.3 is 16.2 Å². The molecule has 1 atom stereocenters. The van der Waals surface area contributed by atoms with Crippen molar-refractivity contribution in [2.45, 2.75) is 19.9 Å². The molecule has 0 aromatic heterocycles. The third kappa shape index (κ3) is 5.18. The van der Waals surface area contributed by atoms with Crippen LogP contribution in [0.15, 0.2) is 88.9 Å². The van der Waals surface area contributed by atoms with Crippen molar-refractivity contribution in [1.82, 2.24) is 5.32 Å². The highest BCUT2D eigenvalue weighted by Gasteiger charge is 2.20. The normalized spacial score (nSPS) is 19.6. The molecule has 0 amide bonds. The first-order valence-electron chi connectivity index (χ1n) is 7.39. The van der Waals surface area contributed by atoms with Crippen LogP contribution in [0.2, 0.25) is 0 Å². The van der Waals surface area contributed by atoms with Crippen LogP contribution >= 0.6 is 0 Å². The monoisotopic (exact) mass is 311 g/mol. The van der Waals surface area contributed by atoms with E-state index < -0.39 is 0 Å². The van der Waals surface area contributed by atoms with Crippen molar-refractivity contribution in [3.05, 3.63) is 83.9 Å². The molecule has 122 valence electrons. The summed E-state index contributed by atoms with van der Waals surface area (Å²) in [5.41, 5.74) is 9.71. The SMILES string of the molecule is C=C/C(=C\C=C(/C)C1=CC(C(/C=C\C)=C/C(=C)O)N=C1N)NC. The fourth-order valence-electron chi connectivity index (χ4n) is 2.18. The Labute approximate surface area is 138 Å². The summed E-state index contributed by atoms with van der Waals surface area (Å²) in [6, 6.07) is -0.222. The molecule has 4 nitrogen and oxygen atoms in total. The number of nitrogens with one attached hydrogen (secondary N) is 1. The zero-order valence-corrected chi connectivity index (χ0v) is 14.0. The average molecular weight is 311 g/mol. The minimum absolute atomic E-state index is 0.00596. The summed E-state index contributed by atoms with van der Waals surface area (Å²) in [5, 5.41) is 12.4. The number of allylic oxidation sites excluding steroid dienone is 5. The van der Waals surface area contributed by atoms with E-state index in [1.54, 1.807) is 12.2 Å². The van der Waals surface area contributed by atoms with Gasteiger partial charge in [-0.1, -0.05) is 31.4 Å². The number of nitrogens with zero attached hydrogens (tertiary/aromatic N) is 1. The molecule has 1 heterocycles. The number of amidine groups is 1. The average Bonchev–Trinajstić information content (AvgIpc) is 2.89. The Kier molecular flexibility index (Phi) is 6.87. The molecule has 1 rings (SSSR count). The minimum atomic E-state index is -0.222. The van der Waals surface area contributed by atoms with E-state index in [4.69, 9.17) is 5.73 Å². The summed E-state index contributed by atoms with van der Waals surface area (Å²) in [5.74, 6) is 0.481. The fourth-order valence-corrected chi connectivity index (χ4v) is 2.18. The van der Waals surface area contributed by atoms with E-state index in [9.17, 15) is 5.11 Å². The standard InChI is InChI=1S/C19H25N3O/c1-6-8-15(11-14(4)23)18-12-17(19(20)22-18)13(3)9-10-16(7-2)21-5/h6-12,18,21,23H,2,4H2,1,3,5H3,(H2,20,22)/b8-6-,13-9+,15-11+,16-10+. The molecule has 0 saturated carbocycles. The fraction of sp³-hybridized carbons (Fsp3) is 0.211. The number of aliphatic hydroxyl groups excluding tert-OH is 1. The maximum absolute atomic E-state index is 9.41. The molecule has 23 heavy (non-hydrogen) atoms. The highest BCUT2D eigenvalue weighted by Crippen LogP contribution is 2.24. The lowest BCUT2D eigenvalue weighted by Crippen LogP contribution is -2.13. The highest BCUT2D eigenvalue weighted by atomic mass is 16.3. The Hall–Kier alpha value is -2.75. The second kappa shape index (κ2) is 8.63. The molecule has 0 spiro atoms. The number of nitrogens with two attached hydrogens (primary N) is 1. The Morgan fingerprint density at radius 3 is 2.65 bits per heavy atom. The molecule has 0 aromatic rings. The van der Waals surface area contributed by atoms with Gasteiger partial charge in [0.05, 0.1) is 6.04 Å². The second-order valence-corrected chi connectivity index (χ2v) is 5.10. The Morgan fingerprint density at radius 2 is 2.13 bits per heavy atom. The summed E-state index contributed by atoms with van der Waals surface area (Å²) in [7, 11) is 1.84. The number of aliphatic hydroxyl groups is 1. The van der Waals surface area contributed by atoms with Gasteiger partial charge in [-0.3, -0.25) is 4.99 Å². The molecule has 0 bridgehead atoms. The van der Waals surface area contributed by atoms with Crippen LogP contribution in [0, 0.1) is 0 Å². The zero-order chi connectivity index (χ0) is 17.4. The molecule has 1 unspecified atom stereocenters. The highest BCUT2D eigenvalue weighted by molar-refractivity contribution is 6.03. The molecule has 0 radical (unpaired) electrons. The molecule has 0 aliphatic carbocycles. The van der Waals surface area contributed by atoms with Crippen molar-refractivity contribution in [3.8, 4) is 0 Å². The van der Waals surface area contributed by atoms with Crippen LogP contribution in [-0.4, -0.2) is 24.0 Å². The predicted molar refractivity (Wildman–Crippen MR) is 99.3 cm³/mol. The third-order valence-corrected chi connectivity index (χ3v) is 3.36. The summed E-state index contributed by atoms with van der Waals surface area (Å²) >= 11 is 0. The van der Waals surface area contributed by atoms with Crippen LogP contribution in [0.1, 0.15) is 13.8 Å². The number of likely N-dealkylation sites (N-methyl/N-ethyl adjacent to an activating group) is 1. The predicted octanol–water partition coefficient (Wildman–Crippen LogP) is 3.46. The van der Waals surface area contributed by atoms with E-state index >= 15 is 0 Å². The zero-order valence-electron chi connectivity index (χ0n) is 14.0. The van der Waals surface area contributed by atoms with Gasteiger partial charge >= 0.3 is 0 Å². The topological polar surface area (TPSA) is 70.6 Å². The second-order valence-electron chi connectivity index (χ2n) is 5.10. The van der Waals surface area contributed by atoms with Gasteiger partial charge in [0.25, 0.3) is 0 Å². The first kappa shape index (κ1) is 18.3. The van der Waals surface area contributed by atoms with Gasteiger partial charge in [-0.15, -0.1) is 0 Å². The van der Waals surface area contributed by atoms with Crippen molar-refractivity contribution >= 4 is 5.84 Å². The van der Waals surface area contributed by atoms with Crippen molar-refractivity contribution in [2.24, 2.45) is 10.7 Å². The maximum atomic E-state index is 9.41. The maximum Gasteiger partial charge on any atom is 0.126 e. The van der Waals surface area contributed by atoms with Gasteiger partial charge in [-0.05, 0) is 49.3 Å². The lowest BCUT2D eigenvalue weighted by molar-refractivity contribution is 0.434. The molecule has 4 N–H and O–H groups in total. The first-order valence-corrected chi connectivity index (χ1v) is 7.39. The molecular formula is C19H25N3O. The van der Waals surface area contributed by atoms with Crippen LogP contribution in [0.4, 0.5) is 0 Å². The number of aliphatic imine (C=N–C) groups is 1. The quantitative estimate of drug-likeness (QED) is 0.498. The first-order chi connectivity index (χ1) is 10.9. The molecule has 1 aliphatic heterocycles.